The topological polar surface area (TPSA) is 62.5 Å². The highest BCUT2D eigenvalue weighted by Crippen LogP contribution is 2.36. The van der Waals surface area contributed by atoms with Gasteiger partial charge in [-0.1, -0.05) is 0 Å². The number of carbonyl (C=O) groups excluding carboxylic acids is 1. The molecule has 4 nitrogen and oxygen atoms in total. The van der Waals surface area contributed by atoms with Gasteiger partial charge in [-0.15, -0.1) is 0 Å². The lowest BCUT2D eigenvalue weighted by Gasteiger charge is -2.12. The van der Waals surface area contributed by atoms with E-state index in [1.807, 2.05) is 19.1 Å². The zero-order valence-electron chi connectivity index (χ0n) is 11.5. The van der Waals surface area contributed by atoms with E-state index in [1.54, 1.807) is 18.2 Å². The molecule has 0 saturated heterocycles. The number of phenolic OH excluding ortho intramolecular Hbond substituents is 1. The fraction of sp³-hybridized carbons (Fsp3) is 0.0625. The lowest BCUT2D eigenvalue weighted by molar-refractivity contribution is 0.104. The summed E-state index contributed by atoms with van der Waals surface area (Å²) in [5.41, 5.74) is 3.22. The number of aromatic nitrogens is 1. The van der Waals surface area contributed by atoms with E-state index < -0.39 is 0 Å². The maximum Gasteiger partial charge on any atom is 0.204 e. The number of carbonyl (C=O) groups is 1. The zero-order valence-corrected chi connectivity index (χ0v) is 14.6. The summed E-state index contributed by atoms with van der Waals surface area (Å²) in [5.74, 6) is 0.00160. The number of aromatic hydroxyl groups is 1. The molecule has 0 fully saturated rings. The van der Waals surface area contributed by atoms with Crippen LogP contribution in [0, 0.1) is 6.92 Å². The Morgan fingerprint density at radius 3 is 2.50 bits per heavy atom. The summed E-state index contributed by atoms with van der Waals surface area (Å²) in [6.45, 7) is 1.84. The Bertz CT molecular complexity index is 834. The molecule has 0 bridgehead atoms. The highest BCUT2D eigenvalue weighted by atomic mass is 79.9. The smallest absolute Gasteiger partial charge is 0.204 e. The Morgan fingerprint density at radius 1 is 1.14 bits per heavy atom. The number of hydrogen-bond donors (Lipinski definition) is 1. The van der Waals surface area contributed by atoms with E-state index >= 15 is 0 Å². The number of benzene rings is 1. The van der Waals surface area contributed by atoms with Gasteiger partial charge in [0.1, 0.15) is 11.4 Å². The van der Waals surface area contributed by atoms with Crippen molar-refractivity contribution in [3.05, 3.63) is 62.3 Å². The number of aliphatic imine (C=N–C) groups is 1. The molecule has 1 aromatic carbocycles. The van der Waals surface area contributed by atoms with Crippen molar-refractivity contribution < 1.29 is 9.90 Å². The van der Waals surface area contributed by atoms with Crippen LogP contribution in [0.4, 0.5) is 5.69 Å². The summed E-state index contributed by atoms with van der Waals surface area (Å²) in [7, 11) is 0. The quantitative estimate of drug-likeness (QED) is 0.737. The third kappa shape index (κ3) is 2.76. The fourth-order valence-corrected chi connectivity index (χ4v) is 3.29. The van der Waals surface area contributed by atoms with Crippen LogP contribution < -0.4 is 0 Å². The first-order chi connectivity index (χ1) is 10.5. The highest BCUT2D eigenvalue weighted by molar-refractivity contribution is 9.11. The Labute approximate surface area is 143 Å². The van der Waals surface area contributed by atoms with E-state index in [4.69, 9.17) is 0 Å². The number of hydrogen-bond acceptors (Lipinski definition) is 4. The molecule has 0 aliphatic heterocycles. The van der Waals surface area contributed by atoms with Crippen LogP contribution in [0.15, 0.2) is 50.4 Å². The van der Waals surface area contributed by atoms with Gasteiger partial charge in [-0.25, -0.2) is 9.98 Å². The molecule has 0 spiro atoms. The number of rotatable bonds is 1. The van der Waals surface area contributed by atoms with E-state index in [0.717, 1.165) is 5.69 Å². The molecule has 2 aromatic rings. The standard InChI is InChI=1S/C16H10Br2N2O2/c1-8-2-3-10-13(4-5-14(21)15(10)19-8)20-9-6-11(17)16(22)12(18)7-9/h2-7,22H,1H3. The minimum absolute atomic E-state index is 0.120. The van der Waals surface area contributed by atoms with Crippen LogP contribution in [0.5, 0.6) is 5.75 Å². The maximum atomic E-state index is 11.9. The zero-order chi connectivity index (χ0) is 15.9. The van der Waals surface area contributed by atoms with Crippen molar-refractivity contribution in [1.82, 2.24) is 4.98 Å². The van der Waals surface area contributed by atoms with E-state index in [-0.39, 0.29) is 11.5 Å². The van der Waals surface area contributed by atoms with Gasteiger partial charge in [0.15, 0.2) is 0 Å². The summed E-state index contributed by atoms with van der Waals surface area (Å²) < 4.78 is 1.08. The minimum Gasteiger partial charge on any atom is -0.506 e. The molecule has 110 valence electrons. The predicted molar refractivity (Wildman–Crippen MR) is 92.1 cm³/mol. The normalized spacial score (nSPS) is 15.2. The van der Waals surface area contributed by atoms with Crippen molar-refractivity contribution in [2.24, 2.45) is 4.99 Å². The molecule has 1 aliphatic carbocycles. The molecule has 1 aliphatic rings. The maximum absolute atomic E-state index is 11.9. The van der Waals surface area contributed by atoms with Gasteiger partial charge < -0.3 is 5.11 Å². The van der Waals surface area contributed by atoms with Crippen LogP contribution in [0.3, 0.4) is 0 Å². The lowest BCUT2D eigenvalue weighted by atomic mass is 9.98. The Kier molecular flexibility index (Phi) is 3.97. The van der Waals surface area contributed by atoms with E-state index in [0.29, 0.717) is 31.6 Å². The van der Waals surface area contributed by atoms with Gasteiger partial charge in [0.25, 0.3) is 0 Å². The van der Waals surface area contributed by atoms with Gasteiger partial charge in [-0.2, -0.15) is 0 Å². The molecule has 6 heteroatoms. The average molecular weight is 422 g/mol. The van der Waals surface area contributed by atoms with Gasteiger partial charge in [-0.3, -0.25) is 4.79 Å². The first-order valence-electron chi connectivity index (χ1n) is 6.43. The SMILES string of the molecule is Cc1ccc2c(n1)C(=O)C=CC2=Nc1cc(Br)c(O)c(Br)c1. The van der Waals surface area contributed by atoms with Crippen LogP contribution in [0.2, 0.25) is 0 Å². The molecule has 1 heterocycles. The van der Waals surface area contributed by atoms with E-state index in [2.05, 4.69) is 41.8 Å². The van der Waals surface area contributed by atoms with Crippen LogP contribution in [-0.4, -0.2) is 21.6 Å². The number of halogens is 2. The summed E-state index contributed by atoms with van der Waals surface area (Å²) in [6, 6.07) is 7.11. The third-order valence-electron chi connectivity index (χ3n) is 3.19. The minimum atomic E-state index is -0.120. The van der Waals surface area contributed by atoms with E-state index in [9.17, 15) is 9.90 Å². The van der Waals surface area contributed by atoms with Gasteiger partial charge in [-0.05, 0) is 75.2 Å². The van der Waals surface area contributed by atoms with Crippen molar-refractivity contribution >= 4 is 49.0 Å². The fourth-order valence-electron chi connectivity index (χ4n) is 2.13. The van der Waals surface area contributed by atoms with Gasteiger partial charge in [0.05, 0.1) is 20.3 Å². The Hall–Kier alpha value is -1.79. The molecule has 0 atom stereocenters. The molecule has 1 N–H and O–H groups in total. The van der Waals surface area contributed by atoms with Crippen molar-refractivity contribution in [2.75, 3.05) is 0 Å². The van der Waals surface area contributed by atoms with Crippen LogP contribution in [0.1, 0.15) is 21.7 Å². The number of fused-ring (bicyclic) bond motifs is 1. The number of ketones is 1. The number of allylic oxidation sites excluding steroid dienone is 2. The second-order valence-corrected chi connectivity index (χ2v) is 6.51. The molecule has 0 radical (unpaired) electrons. The Morgan fingerprint density at radius 2 is 1.82 bits per heavy atom. The summed E-state index contributed by atoms with van der Waals surface area (Å²) in [6.07, 6.45) is 3.15. The molecule has 0 unspecified atom stereocenters. The van der Waals surface area contributed by atoms with Crippen molar-refractivity contribution in [1.29, 1.82) is 0 Å². The molecule has 22 heavy (non-hydrogen) atoms. The van der Waals surface area contributed by atoms with Crippen LogP contribution in [0.25, 0.3) is 0 Å². The Balaban J connectivity index is 2.13. The molecule has 0 saturated carbocycles. The second kappa shape index (κ2) is 5.78. The third-order valence-corrected chi connectivity index (χ3v) is 4.40. The molecule has 1 aromatic heterocycles. The van der Waals surface area contributed by atoms with Gasteiger partial charge in [0.2, 0.25) is 5.78 Å². The first-order valence-corrected chi connectivity index (χ1v) is 8.01. The molecular formula is C16H10Br2N2O2. The molecule has 3 rings (SSSR count). The molecule has 0 amide bonds. The van der Waals surface area contributed by atoms with Crippen molar-refractivity contribution in [3.8, 4) is 5.75 Å². The number of phenols is 1. The first kappa shape index (κ1) is 15.1. The number of nitrogens with zero attached hydrogens (tertiary/aromatic N) is 2. The average Bonchev–Trinajstić information content (AvgIpc) is 2.48. The largest absolute Gasteiger partial charge is 0.506 e. The van der Waals surface area contributed by atoms with Gasteiger partial charge >= 0.3 is 0 Å². The predicted octanol–water partition coefficient (Wildman–Crippen LogP) is 4.49. The molecular weight excluding hydrogens is 412 g/mol. The monoisotopic (exact) mass is 420 g/mol. The van der Waals surface area contributed by atoms with Gasteiger partial charge in [0, 0.05) is 11.3 Å². The lowest BCUT2D eigenvalue weighted by Crippen LogP contribution is -2.14. The van der Waals surface area contributed by atoms with Crippen LogP contribution >= 0.6 is 31.9 Å². The number of aryl methyl sites for hydroxylation is 1. The number of pyridine rings is 1. The van der Waals surface area contributed by atoms with Crippen molar-refractivity contribution in [3.63, 3.8) is 0 Å². The van der Waals surface area contributed by atoms with E-state index in [1.165, 1.54) is 6.08 Å². The second-order valence-electron chi connectivity index (χ2n) is 4.80. The summed E-state index contributed by atoms with van der Waals surface area (Å²) >= 11 is 6.56. The summed E-state index contributed by atoms with van der Waals surface area (Å²) in [4.78, 5) is 20.8. The van der Waals surface area contributed by atoms with Crippen LogP contribution in [-0.2, 0) is 0 Å². The highest BCUT2D eigenvalue weighted by Gasteiger charge is 2.19. The summed E-state index contributed by atoms with van der Waals surface area (Å²) in [5, 5.41) is 9.75. The van der Waals surface area contributed by atoms with Crippen molar-refractivity contribution in [2.45, 2.75) is 6.92 Å².